The number of ether oxygens (including phenoxy) is 1. The Labute approximate surface area is 109 Å². The molecule has 0 atom stereocenters. The summed E-state index contributed by atoms with van der Waals surface area (Å²) in [6.07, 6.45) is 1.55. The molecule has 0 unspecified atom stereocenters. The quantitative estimate of drug-likeness (QED) is 0.828. The lowest BCUT2D eigenvalue weighted by molar-refractivity contribution is 0.0904. The third kappa shape index (κ3) is 2.76. The molecule has 2 rings (SSSR count). The van der Waals surface area contributed by atoms with E-state index < -0.39 is 11.6 Å². The highest BCUT2D eigenvalue weighted by Crippen LogP contribution is 2.23. The van der Waals surface area contributed by atoms with Crippen LogP contribution in [-0.2, 0) is 4.74 Å². The topological polar surface area (TPSA) is 47.3 Å². The fraction of sp³-hybridized carbons (Fsp3) is 0.417. The maximum absolute atomic E-state index is 13.8. The van der Waals surface area contributed by atoms with E-state index >= 15 is 0 Å². The van der Waals surface area contributed by atoms with Crippen LogP contribution in [0.5, 0.6) is 0 Å². The van der Waals surface area contributed by atoms with Gasteiger partial charge in [-0.3, -0.25) is 0 Å². The summed E-state index contributed by atoms with van der Waals surface area (Å²) < 4.78 is 32.7. The van der Waals surface area contributed by atoms with Crippen molar-refractivity contribution in [3.8, 4) is 0 Å². The molecule has 1 saturated heterocycles. The van der Waals surface area contributed by atoms with E-state index in [-0.39, 0.29) is 22.3 Å². The summed E-state index contributed by atoms with van der Waals surface area (Å²) in [7, 11) is 0. The predicted molar refractivity (Wildman–Crippen MR) is 69.7 cm³/mol. The molecule has 0 spiro atoms. The van der Waals surface area contributed by atoms with Crippen LogP contribution in [0.2, 0.25) is 0 Å². The molecule has 3 N–H and O–H groups in total. The van der Waals surface area contributed by atoms with Crippen LogP contribution in [0.1, 0.15) is 18.4 Å². The molecule has 0 bridgehead atoms. The first-order chi connectivity index (χ1) is 8.59. The second-order valence-corrected chi connectivity index (χ2v) is 4.62. The minimum Gasteiger partial charge on any atom is -0.389 e. The molecule has 0 radical (unpaired) electrons. The Morgan fingerprint density at radius 1 is 1.28 bits per heavy atom. The average molecular weight is 272 g/mol. The number of rotatable bonds is 3. The first-order valence-corrected chi connectivity index (χ1v) is 6.12. The number of halogens is 2. The highest BCUT2D eigenvalue weighted by Gasteiger charge is 2.19. The maximum Gasteiger partial charge on any atom is 0.182 e. The van der Waals surface area contributed by atoms with Crippen molar-refractivity contribution in [1.29, 1.82) is 0 Å². The first-order valence-electron chi connectivity index (χ1n) is 5.71. The molecule has 1 heterocycles. The summed E-state index contributed by atoms with van der Waals surface area (Å²) in [5, 5.41) is 2.98. The average Bonchev–Trinajstić information content (AvgIpc) is 2.36. The lowest BCUT2D eigenvalue weighted by Gasteiger charge is -2.24. The predicted octanol–water partition coefficient (Wildman–Crippen LogP) is 2.19. The summed E-state index contributed by atoms with van der Waals surface area (Å²) in [5.41, 5.74) is 5.37. The van der Waals surface area contributed by atoms with E-state index in [9.17, 15) is 8.78 Å². The standard InChI is InChI=1S/C12H14F2N2OS/c13-10-8(12(15)18)1-2-9(11(10)14)16-7-3-5-17-6-4-7/h1-2,7,16H,3-6H2,(H2,15,18). The Kier molecular flexibility index (Phi) is 4.08. The molecule has 0 aromatic heterocycles. The van der Waals surface area contributed by atoms with Gasteiger partial charge >= 0.3 is 0 Å². The number of benzene rings is 1. The molecule has 0 aliphatic carbocycles. The van der Waals surface area contributed by atoms with E-state index in [1.807, 2.05) is 0 Å². The highest BCUT2D eigenvalue weighted by molar-refractivity contribution is 7.80. The number of thiocarbonyl (C=S) groups is 1. The van der Waals surface area contributed by atoms with E-state index in [0.29, 0.717) is 13.2 Å². The number of hydrogen-bond acceptors (Lipinski definition) is 3. The van der Waals surface area contributed by atoms with Crippen molar-refractivity contribution >= 4 is 22.9 Å². The van der Waals surface area contributed by atoms with Gasteiger partial charge in [0.15, 0.2) is 11.6 Å². The van der Waals surface area contributed by atoms with Gasteiger partial charge in [-0.1, -0.05) is 12.2 Å². The van der Waals surface area contributed by atoms with Crippen molar-refractivity contribution in [1.82, 2.24) is 0 Å². The van der Waals surface area contributed by atoms with Gasteiger partial charge in [-0.25, -0.2) is 8.78 Å². The van der Waals surface area contributed by atoms with Crippen LogP contribution in [0.4, 0.5) is 14.5 Å². The molecular formula is C12H14F2N2OS. The number of nitrogens with two attached hydrogens (primary N) is 1. The Morgan fingerprint density at radius 3 is 2.56 bits per heavy atom. The van der Waals surface area contributed by atoms with Crippen molar-refractivity contribution in [3.63, 3.8) is 0 Å². The normalized spacial score (nSPS) is 16.6. The van der Waals surface area contributed by atoms with Crippen molar-refractivity contribution in [2.45, 2.75) is 18.9 Å². The summed E-state index contributed by atoms with van der Waals surface area (Å²) in [4.78, 5) is -0.149. The van der Waals surface area contributed by atoms with Crippen LogP contribution in [0.25, 0.3) is 0 Å². The van der Waals surface area contributed by atoms with Crippen molar-refractivity contribution in [2.75, 3.05) is 18.5 Å². The van der Waals surface area contributed by atoms with Gasteiger partial charge in [-0.15, -0.1) is 0 Å². The highest BCUT2D eigenvalue weighted by atomic mass is 32.1. The fourth-order valence-electron chi connectivity index (χ4n) is 1.91. The zero-order valence-electron chi connectivity index (χ0n) is 9.71. The molecule has 1 aromatic carbocycles. The molecule has 3 nitrogen and oxygen atoms in total. The molecule has 1 aliphatic rings. The Hall–Kier alpha value is -1.27. The molecule has 0 saturated carbocycles. The largest absolute Gasteiger partial charge is 0.389 e. The lowest BCUT2D eigenvalue weighted by atomic mass is 10.1. The van der Waals surface area contributed by atoms with Crippen LogP contribution in [0, 0.1) is 11.6 Å². The first kappa shape index (κ1) is 13.2. The molecule has 6 heteroatoms. The SMILES string of the molecule is NC(=S)c1ccc(NC2CCOCC2)c(F)c1F. The molecule has 98 valence electrons. The Morgan fingerprint density at radius 2 is 1.94 bits per heavy atom. The van der Waals surface area contributed by atoms with Gasteiger partial charge in [0, 0.05) is 24.8 Å². The van der Waals surface area contributed by atoms with Crippen LogP contribution < -0.4 is 11.1 Å². The number of nitrogens with one attached hydrogen (secondary N) is 1. The molecular weight excluding hydrogens is 258 g/mol. The number of anilines is 1. The van der Waals surface area contributed by atoms with Gasteiger partial charge in [0.1, 0.15) is 4.99 Å². The summed E-state index contributed by atoms with van der Waals surface area (Å²) >= 11 is 4.65. The number of hydrogen-bond donors (Lipinski definition) is 2. The second-order valence-electron chi connectivity index (χ2n) is 4.18. The minimum absolute atomic E-state index is 0.0694. The van der Waals surface area contributed by atoms with Crippen molar-refractivity contribution in [3.05, 3.63) is 29.3 Å². The Bertz CT molecular complexity index is 462. The van der Waals surface area contributed by atoms with Crippen molar-refractivity contribution in [2.24, 2.45) is 5.73 Å². The second kappa shape index (κ2) is 5.58. The van der Waals surface area contributed by atoms with Gasteiger partial charge in [-0.05, 0) is 25.0 Å². The van der Waals surface area contributed by atoms with E-state index in [0.717, 1.165) is 12.8 Å². The van der Waals surface area contributed by atoms with Gasteiger partial charge < -0.3 is 15.8 Å². The van der Waals surface area contributed by atoms with E-state index in [1.165, 1.54) is 12.1 Å². The minimum atomic E-state index is -1.00. The maximum atomic E-state index is 13.8. The monoisotopic (exact) mass is 272 g/mol. The van der Waals surface area contributed by atoms with Gasteiger partial charge in [-0.2, -0.15) is 0 Å². The van der Waals surface area contributed by atoms with Gasteiger partial charge in [0.05, 0.1) is 5.69 Å². The van der Waals surface area contributed by atoms with Gasteiger partial charge in [0.25, 0.3) is 0 Å². The molecule has 1 fully saturated rings. The van der Waals surface area contributed by atoms with E-state index in [4.69, 9.17) is 10.5 Å². The zero-order valence-corrected chi connectivity index (χ0v) is 10.5. The Balaban J connectivity index is 2.18. The third-order valence-electron chi connectivity index (χ3n) is 2.93. The molecule has 18 heavy (non-hydrogen) atoms. The molecule has 0 amide bonds. The third-order valence-corrected chi connectivity index (χ3v) is 3.15. The van der Waals surface area contributed by atoms with Crippen LogP contribution in [0.3, 0.4) is 0 Å². The van der Waals surface area contributed by atoms with Crippen molar-refractivity contribution < 1.29 is 13.5 Å². The van der Waals surface area contributed by atoms with Gasteiger partial charge in [0.2, 0.25) is 0 Å². The molecule has 1 aliphatic heterocycles. The summed E-state index contributed by atoms with van der Waals surface area (Å²) in [6, 6.07) is 2.95. The summed E-state index contributed by atoms with van der Waals surface area (Å²) in [5.74, 6) is -1.94. The summed E-state index contributed by atoms with van der Waals surface area (Å²) in [6.45, 7) is 1.26. The lowest BCUT2D eigenvalue weighted by Crippen LogP contribution is -2.28. The van der Waals surface area contributed by atoms with E-state index in [2.05, 4.69) is 17.5 Å². The fourth-order valence-corrected chi connectivity index (χ4v) is 2.07. The zero-order chi connectivity index (χ0) is 13.1. The smallest absolute Gasteiger partial charge is 0.182 e. The van der Waals surface area contributed by atoms with Crippen LogP contribution >= 0.6 is 12.2 Å². The van der Waals surface area contributed by atoms with Crippen LogP contribution in [-0.4, -0.2) is 24.2 Å². The van der Waals surface area contributed by atoms with E-state index in [1.54, 1.807) is 0 Å². The molecule has 1 aromatic rings. The van der Waals surface area contributed by atoms with Crippen LogP contribution in [0.15, 0.2) is 12.1 Å².